The maximum atomic E-state index is 13.5. The number of methoxy groups -OCH3 is 1. The highest BCUT2D eigenvalue weighted by molar-refractivity contribution is 9.10. The molecule has 7 heteroatoms. The van der Waals surface area contributed by atoms with Crippen molar-refractivity contribution in [3.63, 3.8) is 0 Å². The van der Waals surface area contributed by atoms with E-state index in [0.29, 0.717) is 0 Å². The molecule has 0 amide bonds. The largest absolute Gasteiger partial charge is 0.494 e. The summed E-state index contributed by atoms with van der Waals surface area (Å²) in [6.45, 7) is 0. The van der Waals surface area contributed by atoms with Gasteiger partial charge in [0.15, 0.2) is 11.6 Å². The van der Waals surface area contributed by atoms with Crippen LogP contribution in [-0.2, 0) is 10.1 Å². The summed E-state index contributed by atoms with van der Waals surface area (Å²) in [4.78, 5) is -0.279. The molecule has 4 nitrogen and oxygen atoms in total. The highest BCUT2D eigenvalue weighted by atomic mass is 79.9. The van der Waals surface area contributed by atoms with Crippen molar-refractivity contribution in [2.45, 2.75) is 4.90 Å². The number of ether oxygens (including phenoxy) is 1. The molecule has 2 aromatic rings. The van der Waals surface area contributed by atoms with Crippen molar-refractivity contribution >= 4 is 26.0 Å². The molecule has 0 saturated carbocycles. The molecule has 0 atom stereocenters. The van der Waals surface area contributed by atoms with Crippen molar-refractivity contribution in [1.82, 2.24) is 0 Å². The lowest BCUT2D eigenvalue weighted by atomic mass is 10.3. The first-order valence-electron chi connectivity index (χ1n) is 5.46. The Balaban J connectivity index is 2.30. The quantitative estimate of drug-likeness (QED) is 0.784. The fourth-order valence-electron chi connectivity index (χ4n) is 1.47. The summed E-state index contributed by atoms with van der Waals surface area (Å²) in [5.74, 6) is -0.662. The number of hydrogen-bond acceptors (Lipinski definition) is 4. The SMILES string of the molecule is COc1ccc(S(=O)(=O)Oc2ccc(Br)cc2)cc1F. The Morgan fingerprint density at radius 3 is 2.30 bits per heavy atom. The van der Waals surface area contributed by atoms with Crippen molar-refractivity contribution < 1.29 is 21.7 Å². The van der Waals surface area contributed by atoms with Crippen LogP contribution in [0.4, 0.5) is 4.39 Å². The van der Waals surface area contributed by atoms with E-state index < -0.39 is 15.9 Å². The monoisotopic (exact) mass is 360 g/mol. The van der Waals surface area contributed by atoms with Crippen LogP contribution in [0.1, 0.15) is 0 Å². The molecular weight excluding hydrogens is 351 g/mol. The van der Waals surface area contributed by atoms with E-state index in [-0.39, 0.29) is 16.4 Å². The molecule has 0 N–H and O–H groups in total. The Morgan fingerprint density at radius 2 is 1.75 bits per heavy atom. The molecule has 0 bridgehead atoms. The van der Waals surface area contributed by atoms with Crippen LogP contribution in [0.3, 0.4) is 0 Å². The Morgan fingerprint density at radius 1 is 1.10 bits per heavy atom. The van der Waals surface area contributed by atoms with Crippen LogP contribution >= 0.6 is 15.9 Å². The Kier molecular flexibility index (Phi) is 4.29. The lowest BCUT2D eigenvalue weighted by Crippen LogP contribution is -2.10. The summed E-state index contributed by atoms with van der Waals surface area (Å²) in [6, 6.07) is 9.55. The van der Waals surface area contributed by atoms with E-state index in [9.17, 15) is 12.8 Å². The van der Waals surface area contributed by atoms with Gasteiger partial charge in [0.05, 0.1) is 7.11 Å². The smallest absolute Gasteiger partial charge is 0.339 e. The van der Waals surface area contributed by atoms with E-state index in [4.69, 9.17) is 8.92 Å². The maximum Gasteiger partial charge on any atom is 0.339 e. The summed E-state index contributed by atoms with van der Waals surface area (Å²) in [6.07, 6.45) is 0. The van der Waals surface area contributed by atoms with Gasteiger partial charge in [-0.25, -0.2) is 4.39 Å². The average molecular weight is 361 g/mol. The lowest BCUT2D eigenvalue weighted by molar-refractivity contribution is 0.385. The van der Waals surface area contributed by atoms with E-state index in [1.807, 2.05) is 0 Å². The van der Waals surface area contributed by atoms with Gasteiger partial charge in [-0.05, 0) is 42.5 Å². The summed E-state index contributed by atoms with van der Waals surface area (Å²) >= 11 is 3.23. The second kappa shape index (κ2) is 5.80. The number of rotatable bonds is 4. The minimum Gasteiger partial charge on any atom is -0.494 e. The van der Waals surface area contributed by atoms with Crippen molar-refractivity contribution in [2.75, 3.05) is 7.11 Å². The first kappa shape index (κ1) is 14.8. The van der Waals surface area contributed by atoms with Crippen LogP contribution in [-0.4, -0.2) is 15.5 Å². The van der Waals surface area contributed by atoms with E-state index in [0.717, 1.165) is 10.5 Å². The highest BCUT2D eigenvalue weighted by Crippen LogP contribution is 2.24. The maximum absolute atomic E-state index is 13.5. The van der Waals surface area contributed by atoms with Gasteiger partial charge in [0.1, 0.15) is 10.6 Å². The third-order valence-electron chi connectivity index (χ3n) is 2.43. The summed E-state index contributed by atoms with van der Waals surface area (Å²) in [5.41, 5.74) is 0. The van der Waals surface area contributed by atoms with Crippen molar-refractivity contribution in [3.05, 3.63) is 52.8 Å². The minimum atomic E-state index is -4.08. The predicted octanol–water partition coefficient (Wildman–Crippen LogP) is 3.36. The number of benzene rings is 2. The van der Waals surface area contributed by atoms with Gasteiger partial charge in [-0.1, -0.05) is 15.9 Å². The zero-order chi connectivity index (χ0) is 14.8. The third-order valence-corrected chi connectivity index (χ3v) is 4.20. The van der Waals surface area contributed by atoms with Crippen LogP contribution in [0, 0.1) is 5.82 Å². The molecule has 0 fully saturated rings. The van der Waals surface area contributed by atoms with E-state index in [1.54, 1.807) is 12.1 Å². The highest BCUT2D eigenvalue weighted by Gasteiger charge is 2.19. The van der Waals surface area contributed by atoms with Crippen LogP contribution < -0.4 is 8.92 Å². The van der Waals surface area contributed by atoms with Gasteiger partial charge in [-0.15, -0.1) is 0 Å². The van der Waals surface area contributed by atoms with E-state index >= 15 is 0 Å². The molecule has 0 heterocycles. The zero-order valence-corrected chi connectivity index (χ0v) is 12.7. The second-order valence-corrected chi connectivity index (χ2v) is 6.25. The number of halogens is 2. The minimum absolute atomic E-state index is 0.0346. The molecule has 0 aliphatic heterocycles. The standard InChI is InChI=1S/C13H10BrFO4S/c1-18-13-7-6-11(8-12(13)15)20(16,17)19-10-4-2-9(14)3-5-10/h2-8H,1H3. The molecule has 0 radical (unpaired) electrons. The molecule has 0 saturated heterocycles. The molecule has 0 aliphatic rings. The topological polar surface area (TPSA) is 52.6 Å². The fraction of sp³-hybridized carbons (Fsp3) is 0.0769. The first-order valence-corrected chi connectivity index (χ1v) is 7.66. The number of hydrogen-bond donors (Lipinski definition) is 0. The molecular formula is C13H10BrFO4S. The summed E-state index contributed by atoms with van der Waals surface area (Å²) < 4.78 is 47.9. The van der Waals surface area contributed by atoms with Crippen molar-refractivity contribution in [1.29, 1.82) is 0 Å². The molecule has 0 unspecified atom stereocenters. The zero-order valence-electron chi connectivity index (χ0n) is 10.3. The normalized spacial score (nSPS) is 11.2. The van der Waals surface area contributed by atoms with Crippen LogP contribution in [0.2, 0.25) is 0 Å². The molecule has 0 spiro atoms. The van der Waals surface area contributed by atoms with Gasteiger partial charge >= 0.3 is 10.1 Å². The molecule has 2 aromatic carbocycles. The molecule has 0 aromatic heterocycles. The van der Waals surface area contributed by atoms with E-state index in [2.05, 4.69) is 15.9 Å². The van der Waals surface area contributed by atoms with Crippen LogP contribution in [0.5, 0.6) is 11.5 Å². The second-order valence-electron chi connectivity index (χ2n) is 3.79. The first-order chi connectivity index (χ1) is 9.42. The fourth-order valence-corrected chi connectivity index (χ4v) is 2.68. The molecule has 2 rings (SSSR count). The van der Waals surface area contributed by atoms with Crippen molar-refractivity contribution in [3.8, 4) is 11.5 Å². The third kappa shape index (κ3) is 3.29. The van der Waals surface area contributed by atoms with Crippen LogP contribution in [0.25, 0.3) is 0 Å². The average Bonchev–Trinajstić information content (AvgIpc) is 2.41. The molecule has 20 heavy (non-hydrogen) atoms. The van der Waals surface area contributed by atoms with Gasteiger partial charge in [-0.2, -0.15) is 8.42 Å². The van der Waals surface area contributed by atoms with Crippen LogP contribution in [0.15, 0.2) is 51.8 Å². The van der Waals surface area contributed by atoms with Gasteiger partial charge in [0, 0.05) is 4.47 Å². The Bertz CT molecular complexity index is 714. The lowest BCUT2D eigenvalue weighted by Gasteiger charge is -2.08. The van der Waals surface area contributed by atoms with Gasteiger partial charge in [-0.3, -0.25) is 0 Å². The molecule has 0 aliphatic carbocycles. The van der Waals surface area contributed by atoms with Crippen molar-refractivity contribution in [2.24, 2.45) is 0 Å². The van der Waals surface area contributed by atoms with E-state index in [1.165, 1.54) is 31.4 Å². The van der Waals surface area contributed by atoms with Gasteiger partial charge in [0.25, 0.3) is 0 Å². The van der Waals surface area contributed by atoms with Gasteiger partial charge in [0.2, 0.25) is 0 Å². The Hall–Kier alpha value is -1.60. The molecule has 106 valence electrons. The van der Waals surface area contributed by atoms with Gasteiger partial charge < -0.3 is 8.92 Å². The Labute approximate surface area is 124 Å². The summed E-state index contributed by atoms with van der Waals surface area (Å²) in [7, 11) is -2.79. The summed E-state index contributed by atoms with van der Waals surface area (Å²) in [5, 5.41) is 0. The predicted molar refractivity (Wildman–Crippen MR) is 74.9 cm³/mol.